The van der Waals surface area contributed by atoms with E-state index in [2.05, 4.69) is 22.9 Å². The molecular formula is C15H16BrNO4S. The Morgan fingerprint density at radius 2 is 1.91 bits per heavy atom. The third kappa shape index (κ3) is 2.85. The van der Waals surface area contributed by atoms with Crippen molar-refractivity contribution in [3.63, 3.8) is 0 Å². The second kappa shape index (κ2) is 5.79. The van der Waals surface area contributed by atoms with Gasteiger partial charge in [0.2, 0.25) is 10.0 Å². The van der Waals surface area contributed by atoms with E-state index in [-0.39, 0.29) is 4.90 Å². The van der Waals surface area contributed by atoms with Crippen LogP contribution in [0.2, 0.25) is 0 Å². The third-order valence-corrected chi connectivity index (χ3v) is 6.40. The molecule has 1 aliphatic rings. The van der Waals surface area contributed by atoms with Crippen molar-refractivity contribution in [1.29, 1.82) is 0 Å². The lowest BCUT2D eigenvalue weighted by Gasteiger charge is -2.29. The van der Waals surface area contributed by atoms with Crippen molar-refractivity contribution in [3.05, 3.63) is 39.2 Å². The molecule has 1 saturated heterocycles. The van der Waals surface area contributed by atoms with Gasteiger partial charge >= 0.3 is 5.63 Å². The molecule has 0 unspecified atom stereocenters. The fourth-order valence-electron chi connectivity index (χ4n) is 2.62. The van der Waals surface area contributed by atoms with Crippen LogP contribution in [0, 0.1) is 5.92 Å². The fraction of sp³-hybridized carbons (Fsp3) is 0.400. The molecule has 0 spiro atoms. The van der Waals surface area contributed by atoms with E-state index in [0.717, 1.165) is 17.3 Å². The average molecular weight is 386 g/mol. The standard InChI is InChI=1S/C15H16BrNO4S/c1-10-4-6-17(7-5-10)22(19,20)14-9-11-8-12(16)2-3-13(11)21-15(14)18/h2-3,8-10H,4-7H2,1H3. The van der Waals surface area contributed by atoms with Gasteiger partial charge in [-0.3, -0.25) is 0 Å². The van der Waals surface area contributed by atoms with E-state index in [9.17, 15) is 13.2 Å². The van der Waals surface area contributed by atoms with Gasteiger partial charge in [-0.2, -0.15) is 4.31 Å². The Balaban J connectivity index is 2.08. The smallest absolute Gasteiger partial charge is 0.356 e. The van der Waals surface area contributed by atoms with Gasteiger partial charge in [-0.05, 0) is 43.0 Å². The summed E-state index contributed by atoms with van der Waals surface area (Å²) in [5.41, 5.74) is -0.437. The Morgan fingerprint density at radius 3 is 2.59 bits per heavy atom. The molecule has 0 bridgehead atoms. The molecule has 22 heavy (non-hydrogen) atoms. The van der Waals surface area contributed by atoms with E-state index in [4.69, 9.17) is 4.42 Å². The van der Waals surface area contributed by atoms with Gasteiger partial charge in [0, 0.05) is 22.9 Å². The van der Waals surface area contributed by atoms with E-state index < -0.39 is 15.6 Å². The van der Waals surface area contributed by atoms with Gasteiger partial charge < -0.3 is 4.42 Å². The van der Waals surface area contributed by atoms with E-state index in [1.54, 1.807) is 18.2 Å². The molecule has 3 rings (SSSR count). The highest BCUT2D eigenvalue weighted by molar-refractivity contribution is 9.10. The van der Waals surface area contributed by atoms with Crippen LogP contribution in [0.15, 0.2) is 42.8 Å². The molecule has 2 aromatic rings. The van der Waals surface area contributed by atoms with Crippen LogP contribution < -0.4 is 5.63 Å². The van der Waals surface area contributed by atoms with Gasteiger partial charge in [0.25, 0.3) is 0 Å². The second-order valence-electron chi connectivity index (χ2n) is 5.67. The normalized spacial score (nSPS) is 17.9. The Labute approximate surface area is 137 Å². The number of piperidine rings is 1. The summed E-state index contributed by atoms with van der Waals surface area (Å²) in [4.78, 5) is 11.8. The van der Waals surface area contributed by atoms with Gasteiger partial charge in [-0.15, -0.1) is 0 Å². The van der Waals surface area contributed by atoms with Crippen molar-refractivity contribution in [2.45, 2.75) is 24.7 Å². The molecule has 0 N–H and O–H groups in total. The van der Waals surface area contributed by atoms with Crippen molar-refractivity contribution in [2.75, 3.05) is 13.1 Å². The zero-order valence-electron chi connectivity index (χ0n) is 12.1. The summed E-state index contributed by atoms with van der Waals surface area (Å²) in [5.74, 6) is 0.510. The molecule has 0 amide bonds. The Bertz CT molecular complexity index is 867. The maximum Gasteiger partial charge on any atom is 0.356 e. The van der Waals surface area contributed by atoms with Crippen LogP contribution in [0.4, 0.5) is 0 Å². The predicted molar refractivity (Wildman–Crippen MR) is 87.3 cm³/mol. The lowest BCUT2D eigenvalue weighted by atomic mass is 10.0. The lowest BCUT2D eigenvalue weighted by molar-refractivity contribution is 0.287. The van der Waals surface area contributed by atoms with Crippen molar-refractivity contribution in [3.8, 4) is 0 Å². The number of nitrogens with zero attached hydrogens (tertiary/aromatic N) is 1. The number of fused-ring (bicyclic) bond motifs is 1. The average Bonchev–Trinajstić information content (AvgIpc) is 2.47. The minimum Gasteiger partial charge on any atom is -0.422 e. The summed E-state index contributed by atoms with van der Waals surface area (Å²) in [6, 6.07) is 6.51. The summed E-state index contributed by atoms with van der Waals surface area (Å²) < 4.78 is 32.7. The maximum atomic E-state index is 12.7. The number of rotatable bonds is 2. The first-order valence-electron chi connectivity index (χ1n) is 7.11. The van der Waals surface area contributed by atoms with Gasteiger partial charge in [0.05, 0.1) is 0 Å². The molecule has 1 aliphatic heterocycles. The summed E-state index contributed by atoms with van der Waals surface area (Å²) in [5, 5.41) is 0.581. The molecule has 1 aromatic heterocycles. The summed E-state index contributed by atoms with van der Waals surface area (Å²) >= 11 is 3.33. The topological polar surface area (TPSA) is 67.6 Å². The molecule has 0 saturated carbocycles. The molecule has 5 nitrogen and oxygen atoms in total. The minimum absolute atomic E-state index is 0.285. The molecule has 1 fully saturated rings. The SMILES string of the molecule is CC1CCN(S(=O)(=O)c2cc3cc(Br)ccc3oc2=O)CC1. The molecule has 1 aromatic carbocycles. The van der Waals surface area contributed by atoms with Gasteiger partial charge in [0.1, 0.15) is 5.58 Å². The highest BCUT2D eigenvalue weighted by Gasteiger charge is 2.31. The molecule has 0 aliphatic carbocycles. The highest BCUT2D eigenvalue weighted by Crippen LogP contribution is 2.25. The molecule has 2 heterocycles. The summed E-state index contributed by atoms with van der Waals surface area (Å²) in [6.45, 7) is 2.99. The zero-order chi connectivity index (χ0) is 15.9. The Hall–Kier alpha value is -1.18. The van der Waals surface area contributed by atoms with E-state index in [0.29, 0.717) is 30.0 Å². The van der Waals surface area contributed by atoms with Crippen LogP contribution in [0.1, 0.15) is 19.8 Å². The Kier molecular flexibility index (Phi) is 4.13. The van der Waals surface area contributed by atoms with Gasteiger partial charge in [0.15, 0.2) is 4.90 Å². The fourth-order valence-corrected chi connectivity index (χ4v) is 4.50. The van der Waals surface area contributed by atoms with Gasteiger partial charge in [-0.25, -0.2) is 13.2 Å². The monoisotopic (exact) mass is 385 g/mol. The molecule has 7 heteroatoms. The summed E-state index contributed by atoms with van der Waals surface area (Å²) in [6.07, 6.45) is 1.62. The van der Waals surface area contributed by atoms with Crippen LogP contribution in [0.25, 0.3) is 11.0 Å². The first-order valence-corrected chi connectivity index (χ1v) is 9.35. The highest BCUT2D eigenvalue weighted by atomic mass is 79.9. The molecule has 0 radical (unpaired) electrons. The number of sulfonamides is 1. The van der Waals surface area contributed by atoms with Crippen molar-refractivity contribution < 1.29 is 12.8 Å². The zero-order valence-corrected chi connectivity index (χ0v) is 14.5. The van der Waals surface area contributed by atoms with Crippen LogP contribution in [0.5, 0.6) is 0 Å². The van der Waals surface area contributed by atoms with Crippen LogP contribution in [-0.2, 0) is 10.0 Å². The number of hydrogen-bond acceptors (Lipinski definition) is 4. The lowest BCUT2D eigenvalue weighted by Crippen LogP contribution is -2.39. The van der Waals surface area contributed by atoms with Crippen LogP contribution >= 0.6 is 15.9 Å². The number of hydrogen-bond donors (Lipinski definition) is 0. The largest absolute Gasteiger partial charge is 0.422 e. The summed E-state index contributed by atoms with van der Waals surface area (Å²) in [7, 11) is -3.81. The van der Waals surface area contributed by atoms with E-state index in [1.807, 2.05) is 0 Å². The van der Waals surface area contributed by atoms with Crippen LogP contribution in [-0.4, -0.2) is 25.8 Å². The molecule has 118 valence electrons. The number of benzene rings is 1. The third-order valence-electron chi connectivity index (χ3n) is 4.02. The minimum atomic E-state index is -3.81. The second-order valence-corrected chi connectivity index (χ2v) is 8.49. The van der Waals surface area contributed by atoms with E-state index >= 15 is 0 Å². The predicted octanol–water partition coefficient (Wildman–Crippen LogP) is 2.98. The number of halogens is 1. The quantitative estimate of drug-likeness (QED) is 0.745. The molecular weight excluding hydrogens is 370 g/mol. The first kappa shape index (κ1) is 15.7. The first-order chi connectivity index (χ1) is 10.4. The molecule has 0 atom stereocenters. The van der Waals surface area contributed by atoms with Crippen molar-refractivity contribution >= 4 is 36.9 Å². The van der Waals surface area contributed by atoms with E-state index in [1.165, 1.54) is 10.4 Å². The Morgan fingerprint density at radius 1 is 1.23 bits per heavy atom. The van der Waals surface area contributed by atoms with Crippen molar-refractivity contribution in [2.24, 2.45) is 5.92 Å². The van der Waals surface area contributed by atoms with Crippen molar-refractivity contribution in [1.82, 2.24) is 4.31 Å². The van der Waals surface area contributed by atoms with Crippen LogP contribution in [0.3, 0.4) is 0 Å². The maximum absolute atomic E-state index is 12.7. The van der Waals surface area contributed by atoms with Gasteiger partial charge in [-0.1, -0.05) is 22.9 Å².